The molecule has 0 radical (unpaired) electrons. The van der Waals surface area contributed by atoms with Crippen LogP contribution in [0.2, 0.25) is 0 Å². The molecule has 0 amide bonds. The maximum absolute atomic E-state index is 5.75. The van der Waals surface area contributed by atoms with Gasteiger partial charge in [0.25, 0.3) is 0 Å². The number of hydrogen-bond acceptors (Lipinski definition) is 3. The summed E-state index contributed by atoms with van der Waals surface area (Å²) in [6, 6.07) is 8.95. The molecule has 0 saturated carbocycles. The van der Waals surface area contributed by atoms with Gasteiger partial charge in [-0.2, -0.15) is 0 Å². The average Bonchev–Trinajstić information content (AvgIpc) is 2.98. The van der Waals surface area contributed by atoms with Crippen LogP contribution in [0.4, 0.5) is 0 Å². The van der Waals surface area contributed by atoms with E-state index < -0.39 is 0 Å². The van der Waals surface area contributed by atoms with Gasteiger partial charge in [0.2, 0.25) is 0 Å². The van der Waals surface area contributed by atoms with Gasteiger partial charge in [0.1, 0.15) is 0 Å². The van der Waals surface area contributed by atoms with Crippen LogP contribution in [0.15, 0.2) is 24.3 Å². The first-order chi connectivity index (χ1) is 10.0. The third-order valence-electron chi connectivity index (χ3n) is 3.89. The van der Waals surface area contributed by atoms with E-state index in [1.807, 2.05) is 11.3 Å². The van der Waals surface area contributed by atoms with Crippen LogP contribution in [0.3, 0.4) is 0 Å². The van der Waals surface area contributed by atoms with E-state index in [1.54, 1.807) is 0 Å². The highest BCUT2D eigenvalue weighted by atomic mass is 32.1. The molecule has 0 fully saturated rings. The van der Waals surface area contributed by atoms with E-state index in [4.69, 9.17) is 10.7 Å². The van der Waals surface area contributed by atoms with Crippen LogP contribution in [-0.2, 0) is 6.54 Å². The van der Waals surface area contributed by atoms with E-state index in [-0.39, 0.29) is 0 Å². The van der Waals surface area contributed by atoms with Crippen LogP contribution in [0.25, 0.3) is 21.7 Å². The van der Waals surface area contributed by atoms with Gasteiger partial charge in [-0.3, -0.25) is 0 Å². The molecule has 2 aromatic heterocycles. The van der Waals surface area contributed by atoms with Gasteiger partial charge in [-0.25, -0.2) is 4.98 Å². The topological polar surface area (TPSA) is 43.8 Å². The standard InChI is InChI=1S/C17H21N3S/c1-10(2)20-15-6-5-13(9-18)8-14(15)19-17(20)16-7-11(3)12(4)21-16/h5-8,10H,9,18H2,1-4H3. The Morgan fingerprint density at radius 1 is 1.24 bits per heavy atom. The van der Waals surface area contributed by atoms with Crippen molar-refractivity contribution in [1.82, 2.24) is 9.55 Å². The van der Waals surface area contributed by atoms with Gasteiger partial charge in [0, 0.05) is 17.5 Å². The molecular weight excluding hydrogens is 278 g/mol. The Hall–Kier alpha value is -1.65. The molecular formula is C17H21N3S. The minimum atomic E-state index is 0.372. The molecule has 2 N–H and O–H groups in total. The van der Waals surface area contributed by atoms with Gasteiger partial charge in [-0.1, -0.05) is 6.07 Å². The Labute approximate surface area is 129 Å². The van der Waals surface area contributed by atoms with Crippen molar-refractivity contribution in [3.63, 3.8) is 0 Å². The van der Waals surface area contributed by atoms with E-state index >= 15 is 0 Å². The quantitative estimate of drug-likeness (QED) is 0.778. The Kier molecular flexibility index (Phi) is 3.59. The summed E-state index contributed by atoms with van der Waals surface area (Å²) in [6.07, 6.45) is 0. The average molecular weight is 299 g/mol. The lowest BCUT2D eigenvalue weighted by atomic mass is 10.2. The van der Waals surface area contributed by atoms with Crippen molar-refractivity contribution in [2.75, 3.05) is 0 Å². The molecule has 0 bridgehead atoms. The van der Waals surface area contributed by atoms with Crippen molar-refractivity contribution in [3.8, 4) is 10.7 Å². The number of rotatable bonds is 3. The molecule has 0 atom stereocenters. The largest absolute Gasteiger partial charge is 0.326 e. The number of benzene rings is 1. The van der Waals surface area contributed by atoms with Gasteiger partial charge in [0.05, 0.1) is 15.9 Å². The summed E-state index contributed by atoms with van der Waals surface area (Å²) >= 11 is 1.82. The third kappa shape index (κ3) is 2.39. The molecule has 0 saturated heterocycles. The van der Waals surface area contributed by atoms with E-state index in [1.165, 1.54) is 20.8 Å². The van der Waals surface area contributed by atoms with Crippen molar-refractivity contribution in [2.45, 2.75) is 40.3 Å². The SMILES string of the molecule is Cc1cc(-c2nc3cc(CN)ccc3n2C(C)C)sc1C. The summed E-state index contributed by atoms with van der Waals surface area (Å²) < 4.78 is 2.32. The fraction of sp³-hybridized carbons (Fsp3) is 0.353. The van der Waals surface area contributed by atoms with Crippen LogP contribution in [0.5, 0.6) is 0 Å². The van der Waals surface area contributed by atoms with Crippen LogP contribution >= 0.6 is 11.3 Å². The number of hydrogen-bond donors (Lipinski definition) is 1. The number of nitrogens with two attached hydrogens (primary N) is 1. The molecule has 4 heteroatoms. The molecule has 1 aromatic carbocycles. The molecule has 2 heterocycles. The zero-order valence-corrected chi connectivity index (χ0v) is 13.8. The summed E-state index contributed by atoms with van der Waals surface area (Å²) in [7, 11) is 0. The number of imidazole rings is 1. The number of aromatic nitrogens is 2. The zero-order valence-electron chi connectivity index (χ0n) is 13.0. The maximum Gasteiger partial charge on any atom is 0.151 e. The van der Waals surface area contributed by atoms with E-state index in [0.29, 0.717) is 12.6 Å². The fourth-order valence-electron chi connectivity index (χ4n) is 2.65. The van der Waals surface area contributed by atoms with Crippen molar-refractivity contribution < 1.29 is 0 Å². The molecule has 3 nitrogen and oxygen atoms in total. The molecule has 0 spiro atoms. The second-order valence-corrected chi connectivity index (χ2v) is 7.03. The summed E-state index contributed by atoms with van der Waals surface area (Å²) in [4.78, 5) is 7.48. The highest BCUT2D eigenvalue weighted by molar-refractivity contribution is 7.15. The highest BCUT2D eigenvalue weighted by Gasteiger charge is 2.17. The molecule has 21 heavy (non-hydrogen) atoms. The molecule has 110 valence electrons. The number of fused-ring (bicyclic) bond motifs is 1. The lowest BCUT2D eigenvalue weighted by molar-refractivity contribution is 0.625. The zero-order chi connectivity index (χ0) is 15.1. The molecule has 0 unspecified atom stereocenters. The van der Waals surface area contributed by atoms with Gasteiger partial charge >= 0.3 is 0 Å². The summed E-state index contributed by atoms with van der Waals surface area (Å²) in [5, 5.41) is 0. The van der Waals surface area contributed by atoms with Gasteiger partial charge < -0.3 is 10.3 Å². The van der Waals surface area contributed by atoms with Crippen molar-refractivity contribution in [3.05, 3.63) is 40.3 Å². The Balaban J connectivity index is 2.28. The molecule has 3 aromatic rings. The normalized spacial score (nSPS) is 11.7. The number of aryl methyl sites for hydroxylation is 2. The van der Waals surface area contributed by atoms with Crippen LogP contribution in [-0.4, -0.2) is 9.55 Å². The molecule has 0 aliphatic heterocycles. The van der Waals surface area contributed by atoms with Crippen LogP contribution in [0.1, 0.15) is 35.9 Å². The van der Waals surface area contributed by atoms with Crippen molar-refractivity contribution in [1.29, 1.82) is 0 Å². The predicted octanol–water partition coefficient (Wildman–Crippen LogP) is 4.42. The summed E-state index contributed by atoms with van der Waals surface area (Å²) in [5.74, 6) is 1.07. The van der Waals surface area contributed by atoms with Crippen LogP contribution < -0.4 is 5.73 Å². The van der Waals surface area contributed by atoms with E-state index in [0.717, 1.165) is 16.9 Å². The molecule has 0 aliphatic carbocycles. The van der Waals surface area contributed by atoms with Gasteiger partial charge in [0.15, 0.2) is 5.82 Å². The van der Waals surface area contributed by atoms with Crippen LogP contribution in [0, 0.1) is 13.8 Å². The third-order valence-corrected chi connectivity index (χ3v) is 5.04. The molecule has 0 aliphatic rings. The lowest BCUT2D eigenvalue weighted by Crippen LogP contribution is -2.02. The number of thiophene rings is 1. The lowest BCUT2D eigenvalue weighted by Gasteiger charge is -2.12. The second kappa shape index (κ2) is 5.28. The maximum atomic E-state index is 5.75. The Morgan fingerprint density at radius 3 is 2.57 bits per heavy atom. The first kappa shape index (κ1) is 14.3. The van der Waals surface area contributed by atoms with Crippen molar-refractivity contribution in [2.24, 2.45) is 5.73 Å². The molecule has 3 rings (SSSR count). The van der Waals surface area contributed by atoms with Crippen molar-refractivity contribution >= 4 is 22.4 Å². The first-order valence-electron chi connectivity index (χ1n) is 7.29. The smallest absolute Gasteiger partial charge is 0.151 e. The van der Waals surface area contributed by atoms with Gasteiger partial charge in [-0.15, -0.1) is 11.3 Å². The monoisotopic (exact) mass is 299 g/mol. The Morgan fingerprint density at radius 2 is 2.00 bits per heavy atom. The van der Waals surface area contributed by atoms with E-state index in [2.05, 4.69) is 56.5 Å². The highest BCUT2D eigenvalue weighted by Crippen LogP contribution is 2.34. The van der Waals surface area contributed by atoms with Gasteiger partial charge in [-0.05, 0) is 57.0 Å². The summed E-state index contributed by atoms with van der Waals surface area (Å²) in [5.41, 5.74) is 10.4. The van der Waals surface area contributed by atoms with E-state index in [9.17, 15) is 0 Å². The predicted molar refractivity (Wildman–Crippen MR) is 90.8 cm³/mol. The number of nitrogens with zero attached hydrogens (tertiary/aromatic N) is 2. The minimum Gasteiger partial charge on any atom is -0.326 e. The Bertz CT molecular complexity index is 776. The first-order valence-corrected chi connectivity index (χ1v) is 8.11. The second-order valence-electron chi connectivity index (χ2n) is 5.78. The fourth-order valence-corrected chi connectivity index (χ4v) is 3.67. The summed E-state index contributed by atoms with van der Waals surface area (Å²) in [6.45, 7) is 9.28. The minimum absolute atomic E-state index is 0.372.